The zero-order valence-corrected chi connectivity index (χ0v) is 12.6. The molecule has 1 unspecified atom stereocenters. The standard InChI is InChI=1S/C16H25N3O2/c20-14-6-10-19(13-5-9-18(11-13)12-3-4-12)15(21)16(17-14)7-1-2-8-16/h12-13H,1-11H2,(H,17,20). The summed E-state index contributed by atoms with van der Waals surface area (Å²) in [5, 5.41) is 3.06. The number of nitrogens with zero attached hydrogens (tertiary/aromatic N) is 2. The highest BCUT2D eigenvalue weighted by Gasteiger charge is 2.49. The van der Waals surface area contributed by atoms with Gasteiger partial charge in [-0.2, -0.15) is 0 Å². The van der Waals surface area contributed by atoms with Crippen molar-refractivity contribution >= 4 is 11.8 Å². The van der Waals surface area contributed by atoms with Crippen molar-refractivity contribution in [1.82, 2.24) is 15.1 Å². The van der Waals surface area contributed by atoms with Gasteiger partial charge in [-0.3, -0.25) is 14.5 Å². The van der Waals surface area contributed by atoms with Crippen LogP contribution in [0.25, 0.3) is 0 Å². The SMILES string of the molecule is O=C1CCN(C2CCN(C3CC3)C2)C(=O)C2(CCCC2)N1. The normalized spacial score (nSPS) is 33.5. The molecule has 5 nitrogen and oxygen atoms in total. The molecule has 0 aromatic rings. The van der Waals surface area contributed by atoms with Crippen LogP contribution in [0.2, 0.25) is 0 Å². The highest BCUT2D eigenvalue weighted by molar-refractivity contribution is 5.94. The first-order valence-corrected chi connectivity index (χ1v) is 8.54. The quantitative estimate of drug-likeness (QED) is 0.822. The molecule has 4 aliphatic rings. The summed E-state index contributed by atoms with van der Waals surface area (Å²) in [4.78, 5) is 29.7. The molecule has 4 fully saturated rings. The van der Waals surface area contributed by atoms with Gasteiger partial charge in [0.15, 0.2) is 0 Å². The van der Waals surface area contributed by atoms with E-state index in [0.717, 1.165) is 51.2 Å². The molecule has 2 amide bonds. The van der Waals surface area contributed by atoms with E-state index in [1.165, 1.54) is 12.8 Å². The molecule has 2 aliphatic carbocycles. The number of hydrogen-bond donors (Lipinski definition) is 1. The summed E-state index contributed by atoms with van der Waals surface area (Å²) in [5.41, 5.74) is -0.569. The second kappa shape index (κ2) is 4.97. The Morgan fingerprint density at radius 3 is 2.48 bits per heavy atom. The number of nitrogens with one attached hydrogen (secondary N) is 1. The summed E-state index contributed by atoms with van der Waals surface area (Å²) in [6.45, 7) is 2.74. The lowest BCUT2D eigenvalue weighted by Crippen LogP contribution is -2.57. The summed E-state index contributed by atoms with van der Waals surface area (Å²) in [6, 6.07) is 1.10. The maximum atomic E-state index is 13.1. The predicted molar refractivity (Wildman–Crippen MR) is 78.7 cm³/mol. The van der Waals surface area contributed by atoms with Crippen molar-refractivity contribution in [2.45, 2.75) is 69.0 Å². The van der Waals surface area contributed by atoms with Crippen LogP contribution in [0.15, 0.2) is 0 Å². The number of rotatable bonds is 2. The third kappa shape index (κ3) is 2.35. The van der Waals surface area contributed by atoms with Crippen molar-refractivity contribution in [2.75, 3.05) is 19.6 Å². The van der Waals surface area contributed by atoms with E-state index in [2.05, 4.69) is 10.2 Å². The Balaban J connectivity index is 1.53. The Morgan fingerprint density at radius 1 is 1.00 bits per heavy atom. The molecule has 2 heterocycles. The van der Waals surface area contributed by atoms with Crippen LogP contribution in [0, 0.1) is 0 Å². The molecule has 0 aromatic heterocycles. The van der Waals surface area contributed by atoms with Gasteiger partial charge in [-0.25, -0.2) is 0 Å². The van der Waals surface area contributed by atoms with Crippen LogP contribution < -0.4 is 5.32 Å². The van der Waals surface area contributed by atoms with Gasteiger partial charge >= 0.3 is 0 Å². The molecule has 1 N–H and O–H groups in total. The van der Waals surface area contributed by atoms with E-state index in [1.54, 1.807) is 0 Å². The predicted octanol–water partition coefficient (Wildman–Crippen LogP) is 0.884. The first-order chi connectivity index (χ1) is 10.2. The second-order valence-electron chi connectivity index (χ2n) is 7.25. The monoisotopic (exact) mass is 291 g/mol. The lowest BCUT2D eigenvalue weighted by molar-refractivity contribution is -0.140. The molecule has 2 saturated heterocycles. The van der Waals surface area contributed by atoms with E-state index in [-0.39, 0.29) is 11.8 Å². The molecule has 1 spiro atoms. The second-order valence-corrected chi connectivity index (χ2v) is 7.25. The van der Waals surface area contributed by atoms with E-state index < -0.39 is 5.54 Å². The van der Waals surface area contributed by atoms with E-state index in [0.29, 0.717) is 19.0 Å². The van der Waals surface area contributed by atoms with E-state index in [9.17, 15) is 9.59 Å². The topological polar surface area (TPSA) is 52.7 Å². The average molecular weight is 291 g/mol. The Labute approximate surface area is 126 Å². The molecule has 5 heteroatoms. The maximum Gasteiger partial charge on any atom is 0.248 e. The molecule has 0 bridgehead atoms. The third-order valence-electron chi connectivity index (χ3n) is 5.78. The molecule has 0 aromatic carbocycles. The minimum Gasteiger partial charge on any atom is -0.342 e. The third-order valence-corrected chi connectivity index (χ3v) is 5.78. The first kappa shape index (κ1) is 13.6. The maximum absolute atomic E-state index is 13.1. The Kier molecular flexibility index (Phi) is 3.21. The van der Waals surface area contributed by atoms with Gasteiger partial charge in [-0.15, -0.1) is 0 Å². The molecular weight excluding hydrogens is 266 g/mol. The van der Waals surface area contributed by atoms with Crippen molar-refractivity contribution < 1.29 is 9.59 Å². The molecule has 4 rings (SSSR count). The number of hydrogen-bond acceptors (Lipinski definition) is 3. The van der Waals surface area contributed by atoms with Crippen molar-refractivity contribution in [3.63, 3.8) is 0 Å². The van der Waals surface area contributed by atoms with Crippen LogP contribution in [-0.4, -0.2) is 58.9 Å². The number of amides is 2. The average Bonchev–Trinajstić information content (AvgIpc) is 3.05. The van der Waals surface area contributed by atoms with Crippen LogP contribution in [0.3, 0.4) is 0 Å². The zero-order chi connectivity index (χ0) is 14.4. The lowest BCUT2D eigenvalue weighted by Gasteiger charge is -2.35. The van der Waals surface area contributed by atoms with Crippen molar-refractivity contribution in [3.8, 4) is 0 Å². The fourth-order valence-corrected chi connectivity index (χ4v) is 4.44. The van der Waals surface area contributed by atoms with Crippen LogP contribution >= 0.6 is 0 Å². The van der Waals surface area contributed by atoms with E-state index in [4.69, 9.17) is 0 Å². The fourth-order valence-electron chi connectivity index (χ4n) is 4.44. The van der Waals surface area contributed by atoms with Crippen molar-refractivity contribution in [1.29, 1.82) is 0 Å². The molecular formula is C16H25N3O2. The van der Waals surface area contributed by atoms with Crippen LogP contribution in [0.4, 0.5) is 0 Å². The highest BCUT2D eigenvalue weighted by Crippen LogP contribution is 2.36. The van der Waals surface area contributed by atoms with Gasteiger partial charge < -0.3 is 10.2 Å². The summed E-state index contributed by atoms with van der Waals surface area (Å²) < 4.78 is 0. The lowest BCUT2D eigenvalue weighted by atomic mass is 9.95. The molecule has 21 heavy (non-hydrogen) atoms. The summed E-state index contributed by atoms with van der Waals surface area (Å²) >= 11 is 0. The van der Waals surface area contributed by atoms with Crippen LogP contribution in [-0.2, 0) is 9.59 Å². The van der Waals surface area contributed by atoms with Crippen molar-refractivity contribution in [2.24, 2.45) is 0 Å². The Hall–Kier alpha value is -1.10. The zero-order valence-electron chi connectivity index (χ0n) is 12.6. The van der Waals surface area contributed by atoms with Crippen molar-refractivity contribution in [3.05, 3.63) is 0 Å². The van der Waals surface area contributed by atoms with E-state index in [1.807, 2.05) is 4.90 Å². The van der Waals surface area contributed by atoms with Gasteiger partial charge in [0, 0.05) is 38.1 Å². The molecule has 2 saturated carbocycles. The molecule has 116 valence electrons. The van der Waals surface area contributed by atoms with Gasteiger partial charge in [0.25, 0.3) is 0 Å². The Bertz CT molecular complexity index is 454. The minimum atomic E-state index is -0.569. The summed E-state index contributed by atoms with van der Waals surface area (Å²) in [7, 11) is 0. The van der Waals surface area contributed by atoms with Crippen LogP contribution in [0.5, 0.6) is 0 Å². The van der Waals surface area contributed by atoms with E-state index >= 15 is 0 Å². The fraction of sp³-hybridized carbons (Fsp3) is 0.875. The van der Waals surface area contributed by atoms with Gasteiger partial charge in [-0.05, 0) is 32.1 Å². The smallest absolute Gasteiger partial charge is 0.248 e. The molecule has 1 atom stereocenters. The first-order valence-electron chi connectivity index (χ1n) is 8.54. The molecule has 2 aliphatic heterocycles. The van der Waals surface area contributed by atoms with Crippen LogP contribution in [0.1, 0.15) is 51.4 Å². The molecule has 0 radical (unpaired) electrons. The van der Waals surface area contributed by atoms with Gasteiger partial charge in [0.2, 0.25) is 11.8 Å². The van der Waals surface area contributed by atoms with Gasteiger partial charge in [0.05, 0.1) is 0 Å². The number of carbonyl (C=O) groups is 2. The Morgan fingerprint density at radius 2 is 1.76 bits per heavy atom. The summed E-state index contributed by atoms with van der Waals surface area (Å²) in [5.74, 6) is 0.262. The summed E-state index contributed by atoms with van der Waals surface area (Å²) in [6.07, 6.45) is 7.95. The minimum absolute atomic E-state index is 0.0600. The highest BCUT2D eigenvalue weighted by atomic mass is 16.2. The largest absolute Gasteiger partial charge is 0.342 e. The number of likely N-dealkylation sites (tertiary alicyclic amines) is 1. The van der Waals surface area contributed by atoms with Gasteiger partial charge in [-0.1, -0.05) is 12.8 Å². The number of carbonyl (C=O) groups excluding carboxylic acids is 2. The van der Waals surface area contributed by atoms with Gasteiger partial charge in [0.1, 0.15) is 5.54 Å².